The lowest BCUT2D eigenvalue weighted by Crippen LogP contribution is -2.37. The minimum absolute atomic E-state index is 0.0509. The molecule has 2 heterocycles. The van der Waals surface area contributed by atoms with Crippen LogP contribution in [-0.4, -0.2) is 43.5 Å². The van der Waals surface area contributed by atoms with Crippen LogP contribution in [0.1, 0.15) is 18.4 Å². The van der Waals surface area contributed by atoms with E-state index in [4.69, 9.17) is 4.74 Å². The first-order valence-corrected chi connectivity index (χ1v) is 16.3. The number of rotatable bonds is 8. The van der Waals surface area contributed by atoms with Crippen LogP contribution in [0, 0.1) is 0 Å². The second-order valence-electron chi connectivity index (χ2n) is 9.00. The number of aromatic nitrogens is 1. The summed E-state index contributed by atoms with van der Waals surface area (Å²) in [6, 6.07) is 17.3. The number of nitrogens with zero attached hydrogens (tertiary/aromatic N) is 2. The Labute approximate surface area is 232 Å². The number of hydrogen-bond donors (Lipinski definition) is 2. The first kappa shape index (κ1) is 27.0. The molecule has 3 aromatic carbocycles. The van der Waals surface area contributed by atoms with Crippen molar-refractivity contribution in [1.29, 1.82) is 0 Å². The molecule has 1 aromatic heterocycles. The molecule has 0 fully saturated rings. The minimum Gasteiger partial charge on any atom is -0.438 e. The van der Waals surface area contributed by atoms with Crippen molar-refractivity contribution in [2.45, 2.75) is 25.1 Å². The molecule has 0 radical (unpaired) electrons. The number of thiazole rings is 1. The van der Waals surface area contributed by atoms with Crippen molar-refractivity contribution in [3.63, 3.8) is 0 Å². The zero-order chi connectivity index (χ0) is 27.2. The molecule has 1 aliphatic rings. The summed E-state index contributed by atoms with van der Waals surface area (Å²) in [7, 11) is -8.43. The maximum Gasteiger partial charge on any atom is 0.269 e. The van der Waals surface area contributed by atoms with Crippen molar-refractivity contribution in [2.24, 2.45) is 0 Å². The number of ether oxygens (including phenoxy) is 1. The maximum atomic E-state index is 11.8. The van der Waals surface area contributed by atoms with E-state index in [1.54, 1.807) is 17.0 Å². The second-order valence-corrected chi connectivity index (χ2v) is 14.4. The zero-order valence-electron chi connectivity index (χ0n) is 20.1. The maximum absolute atomic E-state index is 11.8. The van der Waals surface area contributed by atoms with Gasteiger partial charge in [-0.1, -0.05) is 51.5 Å². The normalized spacial score (nSPS) is 15.8. The van der Waals surface area contributed by atoms with Crippen LogP contribution in [0.4, 0.5) is 5.69 Å². The highest BCUT2D eigenvalue weighted by Crippen LogP contribution is 2.42. The van der Waals surface area contributed by atoms with Crippen LogP contribution in [0.5, 0.6) is 5.75 Å². The smallest absolute Gasteiger partial charge is 0.269 e. The third kappa shape index (κ3) is 5.58. The van der Waals surface area contributed by atoms with Gasteiger partial charge in [0.15, 0.2) is 12.3 Å². The number of hydrogen-bond acceptors (Lipinski definition) is 7. The number of aryl methyl sites for hydroxylation is 1. The minimum atomic E-state index is -4.30. The van der Waals surface area contributed by atoms with Gasteiger partial charge in [-0.15, -0.1) is 0 Å². The molecular formula is C25H24BrN2O7S3+. The van der Waals surface area contributed by atoms with E-state index in [1.165, 1.54) is 18.3 Å². The molecule has 0 amide bonds. The quantitative estimate of drug-likeness (QED) is 0.207. The van der Waals surface area contributed by atoms with Crippen LogP contribution in [0.3, 0.4) is 0 Å². The first-order chi connectivity index (χ1) is 17.9. The first-order valence-electron chi connectivity index (χ1n) is 11.6. The lowest BCUT2D eigenvalue weighted by Gasteiger charge is -2.21. The molecule has 1 atom stereocenters. The van der Waals surface area contributed by atoms with Crippen molar-refractivity contribution in [1.82, 2.24) is 0 Å². The van der Waals surface area contributed by atoms with Gasteiger partial charge in [0.2, 0.25) is 11.4 Å². The summed E-state index contributed by atoms with van der Waals surface area (Å²) in [4.78, 5) is 1.70. The summed E-state index contributed by atoms with van der Waals surface area (Å²) < 4.78 is 75.3. The predicted octanol–water partition coefficient (Wildman–Crippen LogP) is 4.86. The van der Waals surface area contributed by atoms with Crippen molar-refractivity contribution in [3.8, 4) is 5.75 Å². The summed E-state index contributed by atoms with van der Waals surface area (Å²) in [6.45, 7) is 1.68. The van der Waals surface area contributed by atoms with Gasteiger partial charge in [0.1, 0.15) is 9.95 Å². The molecule has 1 aliphatic heterocycles. The van der Waals surface area contributed by atoms with Crippen molar-refractivity contribution in [2.75, 3.05) is 17.2 Å². The van der Waals surface area contributed by atoms with E-state index in [2.05, 4.69) is 15.9 Å². The molecule has 0 bridgehead atoms. The Kier molecular flexibility index (Phi) is 7.26. The van der Waals surface area contributed by atoms with E-state index >= 15 is 0 Å². The van der Waals surface area contributed by atoms with Crippen molar-refractivity contribution >= 4 is 80.3 Å². The Balaban J connectivity index is 1.65. The lowest BCUT2D eigenvalue weighted by molar-refractivity contribution is -0.667. The summed E-state index contributed by atoms with van der Waals surface area (Å²) >= 11 is 4.93. The zero-order valence-corrected chi connectivity index (χ0v) is 24.1. The summed E-state index contributed by atoms with van der Waals surface area (Å²) in [5, 5.41) is 1.68. The van der Waals surface area contributed by atoms with Crippen LogP contribution in [-0.2, 0) is 26.8 Å². The molecule has 5 rings (SSSR count). The average molecular weight is 641 g/mol. The monoisotopic (exact) mass is 639 g/mol. The standard InChI is InChI=1S/C25H23BrN2O7S3/c1-16(38(32,33)34)15-28-20-13-18(26)8-9-21(20)35-23(28)14-24-27(11-4-12-37(29,30)31)25-19-6-3-2-5-17(19)7-10-22(25)36-24/h2-3,5-10,13-14,16H,4,11-12,15H2,1H3,(H-,29,30,31,32,33,34)/p+1. The summed E-state index contributed by atoms with van der Waals surface area (Å²) in [5.74, 6) is 0.519. The molecule has 9 nitrogen and oxygen atoms in total. The van der Waals surface area contributed by atoms with E-state index in [0.29, 0.717) is 23.9 Å². The van der Waals surface area contributed by atoms with Crippen LogP contribution in [0.15, 0.2) is 65.0 Å². The van der Waals surface area contributed by atoms with Gasteiger partial charge in [0.25, 0.3) is 25.2 Å². The highest BCUT2D eigenvalue weighted by atomic mass is 79.9. The molecule has 0 aliphatic carbocycles. The number of halogens is 1. The Hall–Kier alpha value is -2.55. The highest BCUT2D eigenvalue weighted by molar-refractivity contribution is 9.10. The van der Waals surface area contributed by atoms with E-state index in [1.807, 2.05) is 53.1 Å². The molecule has 4 aromatic rings. The van der Waals surface area contributed by atoms with E-state index in [0.717, 1.165) is 30.5 Å². The van der Waals surface area contributed by atoms with E-state index in [9.17, 15) is 25.9 Å². The van der Waals surface area contributed by atoms with Crippen LogP contribution < -0.4 is 14.2 Å². The number of anilines is 1. The molecular weight excluding hydrogens is 616 g/mol. The second kappa shape index (κ2) is 10.2. The van der Waals surface area contributed by atoms with E-state index in [-0.39, 0.29) is 18.7 Å². The molecule has 0 spiro atoms. The van der Waals surface area contributed by atoms with Gasteiger partial charge < -0.3 is 9.64 Å². The van der Waals surface area contributed by atoms with Gasteiger partial charge >= 0.3 is 0 Å². The topological polar surface area (TPSA) is 125 Å². The molecule has 13 heteroatoms. The highest BCUT2D eigenvalue weighted by Gasteiger charge is 2.33. The van der Waals surface area contributed by atoms with Gasteiger partial charge in [0, 0.05) is 17.4 Å². The number of benzene rings is 3. The predicted molar refractivity (Wildman–Crippen MR) is 152 cm³/mol. The van der Waals surface area contributed by atoms with E-state index < -0.39 is 25.5 Å². The SMILES string of the molecule is CC(CN1C(=Cc2sc3ccc4ccccc4c3[n+]2CCCS(=O)(=O)O)Oc2ccc(Br)cc21)S(=O)(=O)O. The Morgan fingerprint density at radius 2 is 1.87 bits per heavy atom. The third-order valence-corrected chi connectivity index (χ3v) is 9.85. The molecule has 1 unspecified atom stereocenters. The Morgan fingerprint density at radius 3 is 2.61 bits per heavy atom. The van der Waals surface area contributed by atoms with Gasteiger partial charge in [-0.2, -0.15) is 21.4 Å². The molecule has 38 heavy (non-hydrogen) atoms. The fourth-order valence-electron chi connectivity index (χ4n) is 4.44. The van der Waals surface area contributed by atoms with Gasteiger partial charge in [-0.05, 0) is 42.6 Å². The van der Waals surface area contributed by atoms with Gasteiger partial charge in [-0.25, -0.2) is 0 Å². The Bertz CT molecular complexity index is 1800. The fraction of sp³-hybridized carbons (Fsp3) is 0.240. The van der Waals surface area contributed by atoms with Crippen LogP contribution in [0.25, 0.3) is 27.1 Å². The average Bonchev–Trinajstić information content (AvgIpc) is 3.35. The summed E-state index contributed by atoms with van der Waals surface area (Å²) in [5.41, 5.74) is 1.57. The third-order valence-electron chi connectivity index (χ3n) is 6.29. The largest absolute Gasteiger partial charge is 0.438 e. The molecule has 2 N–H and O–H groups in total. The van der Waals surface area contributed by atoms with Crippen LogP contribution in [0.2, 0.25) is 0 Å². The number of fused-ring (bicyclic) bond motifs is 4. The Morgan fingerprint density at radius 1 is 1.11 bits per heavy atom. The molecule has 0 saturated heterocycles. The molecule has 0 saturated carbocycles. The fourth-order valence-corrected chi connectivity index (χ4v) is 6.75. The van der Waals surface area contributed by atoms with Gasteiger partial charge in [-0.3, -0.25) is 9.11 Å². The summed E-state index contributed by atoms with van der Waals surface area (Å²) in [6.07, 6.45) is 1.98. The molecule has 200 valence electrons. The van der Waals surface area contributed by atoms with Crippen LogP contribution >= 0.6 is 27.3 Å². The lowest BCUT2D eigenvalue weighted by atomic mass is 10.1. The van der Waals surface area contributed by atoms with Crippen molar-refractivity contribution < 1.29 is 35.2 Å². The van der Waals surface area contributed by atoms with Gasteiger partial charge in [0.05, 0.1) is 22.9 Å². The van der Waals surface area contributed by atoms with Crippen molar-refractivity contribution in [3.05, 3.63) is 70.0 Å².